The minimum Gasteiger partial charge on any atom is -0.394 e. The average molecular weight is 339 g/mol. The maximum Gasteiger partial charge on any atom is 0.397 e. The number of rotatable bonds is 9. The monoisotopic (exact) mass is 339 g/mol. The highest BCUT2D eigenvalue weighted by atomic mass is 32.3. The maximum atomic E-state index is 10.6. The molecule has 0 aliphatic heterocycles. The third-order valence-corrected chi connectivity index (χ3v) is 2.82. The molecule has 14 heteroatoms. The second-order valence-corrected chi connectivity index (χ2v) is 5.54. The van der Waals surface area contributed by atoms with E-state index in [2.05, 4.69) is 8.37 Å². The summed E-state index contributed by atoms with van der Waals surface area (Å²) < 4.78 is 67.2. The summed E-state index contributed by atoms with van der Waals surface area (Å²) in [6.07, 6.45) is -6.71. The largest absolute Gasteiger partial charge is 0.397 e. The third kappa shape index (κ3) is 7.17. The Morgan fingerprint density at radius 2 is 1.45 bits per heavy atom. The lowest BCUT2D eigenvalue weighted by Crippen LogP contribution is -2.53. The number of carbonyl (C=O) groups is 1. The molecule has 4 atom stereocenters. The number of aldehydes is 1. The molecule has 0 aliphatic rings. The van der Waals surface area contributed by atoms with Crippen LogP contribution in [-0.4, -0.2) is 73.4 Å². The molecule has 0 heterocycles. The van der Waals surface area contributed by atoms with Crippen LogP contribution in [0.5, 0.6) is 0 Å². The first kappa shape index (κ1) is 19.3. The van der Waals surface area contributed by atoms with Crippen molar-refractivity contribution in [2.24, 2.45) is 5.73 Å². The van der Waals surface area contributed by atoms with Gasteiger partial charge in [-0.25, -0.2) is 8.37 Å². The molecule has 0 unspecified atom stereocenters. The van der Waals surface area contributed by atoms with Gasteiger partial charge < -0.3 is 20.7 Å². The van der Waals surface area contributed by atoms with Crippen LogP contribution in [0.15, 0.2) is 0 Å². The molecule has 0 aliphatic carbocycles. The second-order valence-electron chi connectivity index (χ2n) is 3.44. The first-order valence-corrected chi connectivity index (χ1v) is 7.45. The van der Waals surface area contributed by atoms with Crippen molar-refractivity contribution in [1.82, 2.24) is 0 Å². The van der Waals surface area contributed by atoms with Gasteiger partial charge in [0.05, 0.1) is 12.6 Å². The molecule has 0 amide bonds. The van der Waals surface area contributed by atoms with Gasteiger partial charge in [-0.05, 0) is 0 Å². The molecular formula is C6H13NO11S2. The topological polar surface area (TPSA) is 211 Å². The Morgan fingerprint density at radius 1 is 1.05 bits per heavy atom. The van der Waals surface area contributed by atoms with E-state index in [9.17, 15) is 26.7 Å². The summed E-state index contributed by atoms with van der Waals surface area (Å²) in [5.74, 6) is 0. The fourth-order valence-electron chi connectivity index (χ4n) is 1.14. The Morgan fingerprint density at radius 3 is 1.75 bits per heavy atom. The van der Waals surface area contributed by atoms with Crippen LogP contribution in [0.1, 0.15) is 0 Å². The van der Waals surface area contributed by atoms with Crippen LogP contribution in [-0.2, 0) is 34.0 Å². The fraction of sp³-hybridized carbons (Fsp3) is 0.833. The first-order chi connectivity index (χ1) is 8.91. The number of carbonyl (C=O) groups excluding carboxylic acids is 1. The summed E-state index contributed by atoms with van der Waals surface area (Å²) in [4.78, 5) is 10.5. The summed E-state index contributed by atoms with van der Waals surface area (Å²) in [6, 6.07) is -1.87. The minimum atomic E-state index is -5.22. The van der Waals surface area contributed by atoms with Gasteiger partial charge in [0.25, 0.3) is 0 Å². The fourth-order valence-corrected chi connectivity index (χ4v) is 2.18. The van der Waals surface area contributed by atoms with Crippen molar-refractivity contribution < 1.29 is 49.3 Å². The zero-order chi connectivity index (χ0) is 16.1. The molecule has 20 heavy (non-hydrogen) atoms. The number of hydrogen-bond acceptors (Lipinski definition) is 10. The SMILES string of the molecule is N[C@@H](C=O)[C@@H](OS(=O)(=O)O)[C@H](OS(=O)(=O)O)[C@H](O)CO. The molecule has 0 saturated carbocycles. The van der Waals surface area contributed by atoms with Crippen molar-refractivity contribution >= 4 is 27.1 Å². The zero-order valence-corrected chi connectivity index (χ0v) is 11.3. The smallest absolute Gasteiger partial charge is 0.394 e. The molecule has 0 aromatic carbocycles. The maximum absolute atomic E-state index is 10.6. The normalized spacial score (nSPS) is 19.1. The summed E-state index contributed by atoms with van der Waals surface area (Å²) in [5, 5.41) is 18.0. The standard InChI is InChI=1S/C6H13NO11S2/c7-3(1-8)5(17-19(11,12)13)6(4(10)2-9)18-20(14,15)16/h1,3-6,9-10H,2,7H2,(H,11,12,13)(H,14,15,16)/t3-,4+,5+,6+/m0/s1. The predicted molar refractivity (Wildman–Crippen MR) is 60.0 cm³/mol. The molecule has 0 radical (unpaired) electrons. The summed E-state index contributed by atoms with van der Waals surface area (Å²) in [7, 11) is -10.4. The minimum absolute atomic E-state index is 0.0969. The highest BCUT2D eigenvalue weighted by Gasteiger charge is 2.40. The van der Waals surface area contributed by atoms with E-state index in [4.69, 9.17) is 19.9 Å². The van der Waals surface area contributed by atoms with Gasteiger partial charge in [-0.2, -0.15) is 16.8 Å². The van der Waals surface area contributed by atoms with E-state index >= 15 is 0 Å². The molecule has 0 saturated heterocycles. The van der Waals surface area contributed by atoms with Crippen LogP contribution in [0.4, 0.5) is 0 Å². The lowest BCUT2D eigenvalue weighted by molar-refractivity contribution is -0.115. The first-order valence-electron chi connectivity index (χ1n) is 4.72. The summed E-state index contributed by atoms with van der Waals surface area (Å²) in [6.45, 7) is -1.16. The molecular weight excluding hydrogens is 326 g/mol. The van der Waals surface area contributed by atoms with Crippen LogP contribution in [0.25, 0.3) is 0 Å². The second kappa shape index (κ2) is 7.34. The van der Waals surface area contributed by atoms with E-state index in [0.717, 1.165) is 0 Å². The lowest BCUT2D eigenvalue weighted by atomic mass is 10.0. The van der Waals surface area contributed by atoms with Gasteiger partial charge in [-0.15, -0.1) is 0 Å². The van der Waals surface area contributed by atoms with E-state index in [1.54, 1.807) is 0 Å². The van der Waals surface area contributed by atoms with Gasteiger partial charge in [0.2, 0.25) is 0 Å². The Balaban J connectivity index is 5.55. The number of aliphatic hydroxyl groups excluding tert-OH is 2. The molecule has 120 valence electrons. The summed E-state index contributed by atoms with van der Waals surface area (Å²) in [5.41, 5.74) is 5.12. The van der Waals surface area contributed by atoms with Crippen LogP contribution in [0.2, 0.25) is 0 Å². The van der Waals surface area contributed by atoms with Crippen LogP contribution >= 0.6 is 0 Å². The van der Waals surface area contributed by atoms with Crippen molar-refractivity contribution in [3.05, 3.63) is 0 Å². The quantitative estimate of drug-likeness (QED) is 0.202. The lowest BCUT2D eigenvalue weighted by Gasteiger charge is -2.28. The van der Waals surface area contributed by atoms with Crippen LogP contribution in [0, 0.1) is 0 Å². The number of aliphatic hydroxyl groups is 2. The Kier molecular flexibility index (Phi) is 7.08. The van der Waals surface area contributed by atoms with Crippen molar-refractivity contribution in [3.8, 4) is 0 Å². The average Bonchev–Trinajstić information content (AvgIpc) is 2.29. The van der Waals surface area contributed by atoms with E-state index < -0.39 is 51.8 Å². The van der Waals surface area contributed by atoms with Crippen molar-refractivity contribution in [2.75, 3.05) is 6.61 Å². The molecule has 0 bridgehead atoms. The molecule has 0 spiro atoms. The molecule has 6 N–H and O–H groups in total. The highest BCUT2D eigenvalue weighted by Crippen LogP contribution is 2.16. The van der Waals surface area contributed by atoms with Crippen molar-refractivity contribution in [1.29, 1.82) is 0 Å². The molecule has 0 rings (SSSR count). The zero-order valence-electron chi connectivity index (χ0n) is 9.63. The molecule has 12 nitrogen and oxygen atoms in total. The molecule has 0 fully saturated rings. The Labute approximate surface area is 114 Å². The number of hydrogen-bond donors (Lipinski definition) is 5. The van der Waals surface area contributed by atoms with E-state index in [1.165, 1.54) is 0 Å². The van der Waals surface area contributed by atoms with E-state index in [-0.39, 0.29) is 6.29 Å². The van der Waals surface area contributed by atoms with Crippen molar-refractivity contribution in [2.45, 2.75) is 24.4 Å². The van der Waals surface area contributed by atoms with Crippen molar-refractivity contribution in [3.63, 3.8) is 0 Å². The third-order valence-electron chi connectivity index (χ3n) is 1.89. The van der Waals surface area contributed by atoms with Gasteiger partial charge in [-0.1, -0.05) is 0 Å². The number of nitrogens with two attached hydrogens (primary N) is 1. The van der Waals surface area contributed by atoms with Gasteiger partial charge in [0.1, 0.15) is 24.6 Å². The molecule has 0 aromatic heterocycles. The summed E-state index contributed by atoms with van der Waals surface area (Å²) >= 11 is 0. The van der Waals surface area contributed by atoms with Gasteiger partial charge in [0.15, 0.2) is 0 Å². The highest BCUT2D eigenvalue weighted by molar-refractivity contribution is 7.81. The van der Waals surface area contributed by atoms with Crippen LogP contribution in [0.3, 0.4) is 0 Å². The van der Waals surface area contributed by atoms with Crippen LogP contribution < -0.4 is 5.73 Å². The molecule has 0 aromatic rings. The predicted octanol–water partition coefficient (Wildman–Crippen LogP) is -3.76. The van der Waals surface area contributed by atoms with Gasteiger partial charge in [-0.3, -0.25) is 9.11 Å². The van der Waals surface area contributed by atoms with Gasteiger partial charge in [0, 0.05) is 0 Å². The van der Waals surface area contributed by atoms with Gasteiger partial charge >= 0.3 is 20.8 Å². The Bertz CT molecular complexity index is 513. The Hall–Kier alpha value is -0.710. The van der Waals surface area contributed by atoms with E-state index in [1.807, 2.05) is 0 Å². The van der Waals surface area contributed by atoms with E-state index in [0.29, 0.717) is 0 Å².